The first-order chi connectivity index (χ1) is 22.5. The van der Waals surface area contributed by atoms with Crippen LogP contribution in [0.25, 0.3) is 0 Å². The number of aliphatic hydroxyl groups is 5. The van der Waals surface area contributed by atoms with Crippen molar-refractivity contribution >= 4 is 23.9 Å². The standard InChI is InChI=1S/C34H62O13/c1-3-5-7-9-11-13-15-17-19-21-27(38)46-31(33(42)43)32(34(44)45-24-26(37)30(41)29(40)25(36)23-35)47-28(39)22-20-18-16-14-12-10-8-6-4-2/h25-26,29-32,35-37,40-41H,3-24H2,1-2H3,(H,42,43)/t25-,26+,29-,30-,31-,32-/m1/s1. The number of esters is 3. The van der Waals surface area contributed by atoms with Crippen molar-refractivity contribution in [2.45, 2.75) is 179 Å². The molecule has 0 fully saturated rings. The molecule has 0 aromatic rings. The molecular formula is C34H62O13. The maximum absolute atomic E-state index is 12.9. The van der Waals surface area contributed by atoms with E-state index >= 15 is 0 Å². The van der Waals surface area contributed by atoms with Crippen LogP contribution in [0.15, 0.2) is 0 Å². The van der Waals surface area contributed by atoms with Gasteiger partial charge in [0.1, 0.15) is 31.0 Å². The number of carbonyl (C=O) groups excluding carboxylic acids is 3. The topological polar surface area (TPSA) is 217 Å². The van der Waals surface area contributed by atoms with Gasteiger partial charge in [0.15, 0.2) is 0 Å². The van der Waals surface area contributed by atoms with E-state index in [2.05, 4.69) is 13.8 Å². The number of hydrogen-bond donors (Lipinski definition) is 6. The molecule has 6 atom stereocenters. The Bertz CT molecular complexity index is 837. The van der Waals surface area contributed by atoms with Crippen molar-refractivity contribution in [1.82, 2.24) is 0 Å². The number of carbonyl (C=O) groups is 4. The van der Waals surface area contributed by atoms with Crippen LogP contribution in [-0.2, 0) is 33.4 Å². The van der Waals surface area contributed by atoms with Crippen LogP contribution in [0.4, 0.5) is 0 Å². The quantitative estimate of drug-likeness (QED) is 0.0350. The second kappa shape index (κ2) is 28.7. The fraction of sp³-hybridized carbons (Fsp3) is 0.882. The maximum atomic E-state index is 12.9. The highest BCUT2D eigenvalue weighted by molar-refractivity contribution is 5.88. The third kappa shape index (κ3) is 22.0. The fourth-order valence-corrected chi connectivity index (χ4v) is 4.95. The number of carboxylic acids is 1. The third-order valence-electron chi connectivity index (χ3n) is 7.96. The van der Waals surface area contributed by atoms with Gasteiger partial charge in [0.25, 0.3) is 0 Å². The molecule has 0 saturated heterocycles. The van der Waals surface area contributed by atoms with Gasteiger partial charge in [-0.05, 0) is 12.8 Å². The molecule has 0 aromatic heterocycles. The molecule has 276 valence electrons. The monoisotopic (exact) mass is 678 g/mol. The van der Waals surface area contributed by atoms with E-state index in [9.17, 15) is 44.7 Å². The molecule has 0 unspecified atom stereocenters. The minimum absolute atomic E-state index is 0.107. The van der Waals surface area contributed by atoms with Crippen LogP contribution in [-0.4, -0.2) is 104 Å². The van der Waals surface area contributed by atoms with Crippen molar-refractivity contribution in [2.24, 2.45) is 0 Å². The Labute approximate surface area is 280 Å². The summed E-state index contributed by atoms with van der Waals surface area (Å²) < 4.78 is 15.1. The third-order valence-corrected chi connectivity index (χ3v) is 7.96. The SMILES string of the molecule is CCCCCCCCCCCC(=O)O[C@@H](C(=O)O)[C@@H](OC(=O)CCCCCCCCCCC)C(=O)OC[C@H](O)[C@@H](O)[C@H](O)[C@H](O)CO. The summed E-state index contributed by atoms with van der Waals surface area (Å²) in [5.41, 5.74) is 0. The van der Waals surface area contributed by atoms with Crippen molar-refractivity contribution in [3.05, 3.63) is 0 Å². The minimum atomic E-state index is -2.23. The Morgan fingerprint density at radius 3 is 1.28 bits per heavy atom. The van der Waals surface area contributed by atoms with Crippen molar-refractivity contribution in [3.63, 3.8) is 0 Å². The molecule has 0 saturated carbocycles. The zero-order valence-electron chi connectivity index (χ0n) is 28.6. The molecule has 13 heteroatoms. The number of hydrogen-bond acceptors (Lipinski definition) is 12. The van der Waals surface area contributed by atoms with Crippen LogP contribution < -0.4 is 0 Å². The molecular weight excluding hydrogens is 616 g/mol. The first-order valence-corrected chi connectivity index (χ1v) is 17.6. The number of aliphatic carboxylic acids is 1. The Kier molecular flexibility index (Phi) is 27.3. The molecule has 13 nitrogen and oxygen atoms in total. The molecule has 0 aliphatic rings. The molecule has 0 heterocycles. The van der Waals surface area contributed by atoms with Gasteiger partial charge in [0.05, 0.1) is 6.61 Å². The maximum Gasteiger partial charge on any atom is 0.352 e. The lowest BCUT2D eigenvalue weighted by atomic mass is 10.0. The summed E-state index contributed by atoms with van der Waals surface area (Å²) in [5.74, 6) is -5.02. The summed E-state index contributed by atoms with van der Waals surface area (Å²) in [5, 5.41) is 58.1. The van der Waals surface area contributed by atoms with Crippen molar-refractivity contribution in [1.29, 1.82) is 0 Å². The predicted molar refractivity (Wildman–Crippen MR) is 173 cm³/mol. The van der Waals surface area contributed by atoms with Gasteiger partial charge in [-0.1, -0.05) is 117 Å². The molecule has 47 heavy (non-hydrogen) atoms. The van der Waals surface area contributed by atoms with E-state index in [1.165, 1.54) is 32.1 Å². The van der Waals surface area contributed by atoms with Gasteiger partial charge >= 0.3 is 23.9 Å². The lowest BCUT2D eigenvalue weighted by molar-refractivity contribution is -0.192. The van der Waals surface area contributed by atoms with E-state index in [1.807, 2.05) is 0 Å². The first-order valence-electron chi connectivity index (χ1n) is 17.6. The molecule has 0 rings (SSSR count). The first kappa shape index (κ1) is 44.7. The summed E-state index contributed by atoms with van der Waals surface area (Å²) in [7, 11) is 0. The van der Waals surface area contributed by atoms with Gasteiger partial charge in [-0.25, -0.2) is 9.59 Å². The van der Waals surface area contributed by atoms with Gasteiger partial charge in [-0.3, -0.25) is 9.59 Å². The molecule has 0 spiro atoms. The highest BCUT2D eigenvalue weighted by Crippen LogP contribution is 2.16. The van der Waals surface area contributed by atoms with Crippen LogP contribution in [0, 0.1) is 0 Å². The number of unbranched alkanes of at least 4 members (excludes halogenated alkanes) is 16. The summed E-state index contributed by atoms with van der Waals surface area (Å²) in [6, 6.07) is 0. The van der Waals surface area contributed by atoms with E-state index in [4.69, 9.17) is 19.3 Å². The van der Waals surface area contributed by atoms with E-state index < -0.39 is 73.7 Å². The van der Waals surface area contributed by atoms with Crippen molar-refractivity contribution < 1.29 is 64.0 Å². The van der Waals surface area contributed by atoms with E-state index in [-0.39, 0.29) is 12.8 Å². The van der Waals surface area contributed by atoms with Crippen LogP contribution >= 0.6 is 0 Å². The largest absolute Gasteiger partial charge is 0.478 e. The van der Waals surface area contributed by atoms with Gasteiger partial charge in [0, 0.05) is 12.8 Å². The summed E-state index contributed by atoms with van der Waals surface area (Å²) in [6.45, 7) is 2.38. The smallest absolute Gasteiger partial charge is 0.352 e. The van der Waals surface area contributed by atoms with Gasteiger partial charge in [-0.2, -0.15) is 0 Å². The fourth-order valence-electron chi connectivity index (χ4n) is 4.95. The Hall–Kier alpha value is -2.32. The van der Waals surface area contributed by atoms with Gasteiger partial charge in [-0.15, -0.1) is 0 Å². The molecule has 0 amide bonds. The average Bonchev–Trinajstić information content (AvgIpc) is 3.05. The zero-order chi connectivity index (χ0) is 35.5. The molecule has 0 radical (unpaired) electrons. The van der Waals surface area contributed by atoms with Crippen LogP contribution in [0.1, 0.15) is 142 Å². The van der Waals surface area contributed by atoms with Crippen LogP contribution in [0.3, 0.4) is 0 Å². The van der Waals surface area contributed by atoms with Crippen LogP contribution in [0.5, 0.6) is 0 Å². The molecule has 6 N–H and O–H groups in total. The number of rotatable bonds is 31. The summed E-state index contributed by atoms with van der Waals surface area (Å²) in [4.78, 5) is 50.2. The highest BCUT2D eigenvalue weighted by atomic mass is 16.6. The number of carboxylic acid groups (broad SMARTS) is 1. The molecule has 0 aliphatic carbocycles. The lowest BCUT2D eigenvalue weighted by Crippen LogP contribution is -2.49. The lowest BCUT2D eigenvalue weighted by Gasteiger charge is -2.26. The van der Waals surface area contributed by atoms with Crippen molar-refractivity contribution in [2.75, 3.05) is 13.2 Å². The summed E-state index contributed by atoms with van der Waals surface area (Å²) >= 11 is 0. The number of ether oxygens (including phenoxy) is 3. The Balaban J connectivity index is 5.20. The number of aliphatic hydroxyl groups excluding tert-OH is 5. The molecule has 0 aliphatic heterocycles. The summed E-state index contributed by atoms with van der Waals surface area (Å²) in [6.07, 6.45) is 5.35. The highest BCUT2D eigenvalue weighted by Gasteiger charge is 2.42. The van der Waals surface area contributed by atoms with Gasteiger partial charge < -0.3 is 44.8 Å². The average molecular weight is 679 g/mol. The molecule has 0 bridgehead atoms. The second-order valence-corrected chi connectivity index (χ2v) is 12.2. The minimum Gasteiger partial charge on any atom is -0.478 e. The predicted octanol–water partition coefficient (Wildman–Crippen LogP) is 3.72. The Morgan fingerprint density at radius 2 is 0.894 bits per heavy atom. The van der Waals surface area contributed by atoms with E-state index in [1.54, 1.807) is 0 Å². The van der Waals surface area contributed by atoms with E-state index in [0.717, 1.165) is 70.6 Å². The Morgan fingerprint density at radius 1 is 0.532 bits per heavy atom. The van der Waals surface area contributed by atoms with Crippen LogP contribution in [0.2, 0.25) is 0 Å². The van der Waals surface area contributed by atoms with E-state index in [0.29, 0.717) is 12.8 Å². The van der Waals surface area contributed by atoms with Crippen molar-refractivity contribution in [3.8, 4) is 0 Å². The van der Waals surface area contributed by atoms with Gasteiger partial charge in [0.2, 0.25) is 12.2 Å². The zero-order valence-corrected chi connectivity index (χ0v) is 28.6. The molecule has 0 aromatic carbocycles. The normalized spacial score (nSPS) is 15.2. The second-order valence-electron chi connectivity index (χ2n) is 12.2.